The molecule has 0 radical (unpaired) electrons. The van der Waals surface area contributed by atoms with Crippen molar-refractivity contribution in [1.82, 2.24) is 0 Å². The number of benzene rings is 1. The van der Waals surface area contributed by atoms with Crippen LogP contribution in [0.2, 0.25) is 0 Å². The minimum atomic E-state index is 0.743. The van der Waals surface area contributed by atoms with E-state index >= 15 is 0 Å². The number of hydrogen-bond donors (Lipinski definition) is 0. The molecular weight excluding hydrogens is 176 g/mol. The molecule has 1 aromatic rings. The average molecular weight is 194 g/mol. The van der Waals surface area contributed by atoms with Crippen molar-refractivity contribution in [2.75, 3.05) is 0 Å². The van der Waals surface area contributed by atoms with Crippen LogP contribution in [0.4, 0.5) is 0 Å². The van der Waals surface area contributed by atoms with Gasteiger partial charge in [-0.15, -0.1) is 11.8 Å². The van der Waals surface area contributed by atoms with Crippen molar-refractivity contribution in [2.24, 2.45) is 0 Å². The summed E-state index contributed by atoms with van der Waals surface area (Å²) in [6.07, 6.45) is 2.58. The Bertz CT molecular complexity index is 238. The fourth-order valence-electron chi connectivity index (χ4n) is 1.31. The Morgan fingerprint density at radius 2 is 1.85 bits per heavy atom. The molecule has 1 aromatic carbocycles. The van der Waals surface area contributed by atoms with E-state index in [-0.39, 0.29) is 0 Å². The molecule has 1 rings (SSSR count). The van der Waals surface area contributed by atoms with Crippen molar-refractivity contribution in [3.8, 4) is 0 Å². The molecule has 0 amide bonds. The van der Waals surface area contributed by atoms with Gasteiger partial charge in [0, 0.05) is 10.1 Å². The van der Waals surface area contributed by atoms with Crippen molar-refractivity contribution in [1.29, 1.82) is 0 Å². The zero-order chi connectivity index (χ0) is 9.68. The van der Waals surface area contributed by atoms with Crippen LogP contribution in [0.1, 0.15) is 32.3 Å². The van der Waals surface area contributed by atoms with Gasteiger partial charge in [0.05, 0.1) is 0 Å². The minimum absolute atomic E-state index is 0.743. The Morgan fingerprint density at radius 1 is 1.23 bits per heavy atom. The Morgan fingerprint density at radius 3 is 2.38 bits per heavy atom. The molecule has 0 saturated carbocycles. The molecule has 13 heavy (non-hydrogen) atoms. The molecule has 0 spiro atoms. The number of hydrogen-bond acceptors (Lipinski definition) is 1. The van der Waals surface area contributed by atoms with Crippen LogP contribution in [-0.4, -0.2) is 5.25 Å². The summed E-state index contributed by atoms with van der Waals surface area (Å²) < 4.78 is 0. The molecule has 0 nitrogen and oxygen atoms in total. The predicted octanol–water partition coefficient (Wildman–Crippen LogP) is 4.28. The summed E-state index contributed by atoms with van der Waals surface area (Å²) in [5.74, 6) is 0. The maximum absolute atomic E-state index is 2.30. The Hall–Kier alpha value is -0.430. The van der Waals surface area contributed by atoms with E-state index in [0.29, 0.717) is 0 Å². The first-order valence-corrected chi connectivity index (χ1v) is 5.83. The average Bonchev–Trinajstić information content (AvgIpc) is 2.09. The van der Waals surface area contributed by atoms with Gasteiger partial charge in [-0.25, -0.2) is 0 Å². The summed E-state index contributed by atoms with van der Waals surface area (Å²) >= 11 is 1.98. The first-order chi connectivity index (χ1) is 6.22. The third kappa shape index (κ3) is 3.86. The maximum Gasteiger partial charge on any atom is 0.00748 e. The van der Waals surface area contributed by atoms with Gasteiger partial charge >= 0.3 is 0 Å². The SMILES string of the molecule is CCCC(C)Sc1ccc(C)cc1. The highest BCUT2D eigenvalue weighted by molar-refractivity contribution is 7.99. The Labute approximate surface area is 85.7 Å². The summed E-state index contributed by atoms with van der Waals surface area (Å²) in [5.41, 5.74) is 1.34. The predicted molar refractivity (Wildman–Crippen MR) is 61.4 cm³/mol. The van der Waals surface area contributed by atoms with Crippen LogP contribution in [-0.2, 0) is 0 Å². The van der Waals surface area contributed by atoms with Gasteiger partial charge in [0.15, 0.2) is 0 Å². The molecule has 0 aliphatic rings. The van der Waals surface area contributed by atoms with Crippen LogP contribution < -0.4 is 0 Å². The number of rotatable bonds is 4. The second kappa shape index (κ2) is 5.33. The van der Waals surface area contributed by atoms with Crippen molar-refractivity contribution in [2.45, 2.75) is 43.8 Å². The molecule has 1 heteroatoms. The molecule has 0 fully saturated rings. The summed E-state index contributed by atoms with van der Waals surface area (Å²) in [5, 5.41) is 0.743. The quantitative estimate of drug-likeness (QED) is 0.645. The lowest BCUT2D eigenvalue weighted by molar-refractivity contribution is 0.787. The molecule has 0 N–H and O–H groups in total. The van der Waals surface area contributed by atoms with Gasteiger partial charge in [-0.1, -0.05) is 38.0 Å². The first-order valence-electron chi connectivity index (χ1n) is 4.95. The van der Waals surface area contributed by atoms with Crippen LogP contribution in [0.3, 0.4) is 0 Å². The number of thioether (sulfide) groups is 1. The van der Waals surface area contributed by atoms with Gasteiger partial charge in [0.1, 0.15) is 0 Å². The Kier molecular flexibility index (Phi) is 4.37. The van der Waals surface area contributed by atoms with Gasteiger partial charge in [-0.2, -0.15) is 0 Å². The smallest absolute Gasteiger partial charge is 0.00748 e. The van der Waals surface area contributed by atoms with Gasteiger partial charge in [0.25, 0.3) is 0 Å². The van der Waals surface area contributed by atoms with Gasteiger partial charge < -0.3 is 0 Å². The lowest BCUT2D eigenvalue weighted by atomic mass is 10.2. The van der Waals surface area contributed by atoms with E-state index in [4.69, 9.17) is 0 Å². The fraction of sp³-hybridized carbons (Fsp3) is 0.500. The van der Waals surface area contributed by atoms with E-state index in [1.165, 1.54) is 23.3 Å². The van der Waals surface area contributed by atoms with Crippen molar-refractivity contribution < 1.29 is 0 Å². The van der Waals surface area contributed by atoms with E-state index in [1.54, 1.807) is 0 Å². The van der Waals surface area contributed by atoms with Gasteiger partial charge in [-0.05, 0) is 25.5 Å². The van der Waals surface area contributed by atoms with Crippen molar-refractivity contribution in [3.05, 3.63) is 29.8 Å². The summed E-state index contributed by atoms with van der Waals surface area (Å²) in [6.45, 7) is 6.67. The van der Waals surface area contributed by atoms with E-state index < -0.39 is 0 Å². The van der Waals surface area contributed by atoms with E-state index in [1.807, 2.05) is 11.8 Å². The fourth-order valence-corrected chi connectivity index (χ4v) is 2.43. The molecule has 72 valence electrons. The Balaban J connectivity index is 2.49. The second-order valence-electron chi connectivity index (χ2n) is 3.53. The topological polar surface area (TPSA) is 0 Å². The molecule has 1 unspecified atom stereocenters. The largest absolute Gasteiger partial charge is 0.123 e. The van der Waals surface area contributed by atoms with Crippen molar-refractivity contribution in [3.63, 3.8) is 0 Å². The van der Waals surface area contributed by atoms with Crippen LogP contribution in [0.5, 0.6) is 0 Å². The summed E-state index contributed by atoms with van der Waals surface area (Å²) in [7, 11) is 0. The van der Waals surface area contributed by atoms with Gasteiger partial charge in [-0.3, -0.25) is 0 Å². The highest BCUT2D eigenvalue weighted by Crippen LogP contribution is 2.25. The van der Waals surface area contributed by atoms with E-state index in [0.717, 1.165) is 5.25 Å². The molecule has 1 atom stereocenters. The molecule has 0 aliphatic heterocycles. The molecule has 0 aromatic heterocycles. The summed E-state index contributed by atoms with van der Waals surface area (Å²) in [4.78, 5) is 1.39. The number of aryl methyl sites for hydroxylation is 1. The molecule has 0 bridgehead atoms. The van der Waals surface area contributed by atoms with Crippen LogP contribution >= 0.6 is 11.8 Å². The lowest BCUT2D eigenvalue weighted by Gasteiger charge is -2.09. The lowest BCUT2D eigenvalue weighted by Crippen LogP contribution is -1.93. The molecular formula is C12H18S. The van der Waals surface area contributed by atoms with Crippen LogP contribution in [0.15, 0.2) is 29.2 Å². The highest BCUT2D eigenvalue weighted by atomic mass is 32.2. The zero-order valence-corrected chi connectivity index (χ0v) is 9.53. The normalized spacial score (nSPS) is 12.8. The molecule has 0 heterocycles. The molecule has 0 aliphatic carbocycles. The van der Waals surface area contributed by atoms with Crippen LogP contribution in [0, 0.1) is 6.92 Å². The minimum Gasteiger partial charge on any atom is -0.123 e. The van der Waals surface area contributed by atoms with E-state index in [2.05, 4.69) is 45.0 Å². The monoisotopic (exact) mass is 194 g/mol. The third-order valence-electron chi connectivity index (χ3n) is 2.05. The zero-order valence-electron chi connectivity index (χ0n) is 8.71. The highest BCUT2D eigenvalue weighted by Gasteiger charge is 2.01. The third-order valence-corrected chi connectivity index (χ3v) is 3.24. The van der Waals surface area contributed by atoms with Crippen molar-refractivity contribution >= 4 is 11.8 Å². The van der Waals surface area contributed by atoms with Gasteiger partial charge in [0.2, 0.25) is 0 Å². The standard InChI is InChI=1S/C12H18S/c1-4-5-11(3)13-12-8-6-10(2)7-9-12/h6-9,11H,4-5H2,1-3H3. The molecule has 0 saturated heterocycles. The maximum atomic E-state index is 2.30. The van der Waals surface area contributed by atoms with Crippen LogP contribution in [0.25, 0.3) is 0 Å². The summed E-state index contributed by atoms with van der Waals surface area (Å²) in [6, 6.07) is 8.79. The first kappa shape index (κ1) is 10.6. The second-order valence-corrected chi connectivity index (χ2v) is 5.04. The van der Waals surface area contributed by atoms with E-state index in [9.17, 15) is 0 Å².